The molecule has 1 atom stereocenters. The van der Waals surface area contributed by atoms with Crippen LogP contribution in [-0.2, 0) is 16.1 Å². The van der Waals surface area contributed by atoms with Crippen LogP contribution in [0, 0.1) is 0 Å². The number of hydrogen-bond donors (Lipinski definition) is 0. The number of rotatable bonds is 11. The van der Waals surface area contributed by atoms with E-state index in [4.69, 9.17) is 35.5 Å². The highest BCUT2D eigenvalue weighted by atomic mass is 79.9. The average molecular weight is 726 g/mol. The minimum absolute atomic E-state index is 0.122. The Balaban J connectivity index is 1.62. The molecule has 3 aromatic carbocycles. The fraction of sp³-hybridized carbons (Fsp3) is 0.286. The first-order valence-electron chi connectivity index (χ1n) is 14.9. The summed E-state index contributed by atoms with van der Waals surface area (Å²) in [5, 5.41) is 0.629. The van der Waals surface area contributed by atoms with E-state index < -0.39 is 12.0 Å². The first-order valence-corrected chi connectivity index (χ1v) is 16.9. The van der Waals surface area contributed by atoms with Crippen LogP contribution in [0.2, 0.25) is 5.02 Å². The van der Waals surface area contributed by atoms with E-state index in [0.29, 0.717) is 66.1 Å². The number of nitrogens with zero attached hydrogens (tertiary/aromatic N) is 2. The summed E-state index contributed by atoms with van der Waals surface area (Å²) in [4.78, 5) is 32.7. The summed E-state index contributed by atoms with van der Waals surface area (Å²) in [6, 6.07) is 17.8. The van der Waals surface area contributed by atoms with E-state index in [1.54, 1.807) is 24.5 Å². The third kappa shape index (κ3) is 7.24. The molecule has 0 unspecified atom stereocenters. The Hall–Kier alpha value is -3.86. The molecule has 5 rings (SSSR count). The number of benzene rings is 3. The number of allylic oxidation sites excluding steroid dienone is 1. The molecule has 1 aliphatic rings. The topological polar surface area (TPSA) is 88.4 Å². The van der Waals surface area contributed by atoms with E-state index in [9.17, 15) is 9.59 Å². The molecule has 0 bridgehead atoms. The second kappa shape index (κ2) is 14.7. The normalized spacial score (nSPS) is 14.6. The van der Waals surface area contributed by atoms with Gasteiger partial charge in [-0.1, -0.05) is 53.3 Å². The predicted molar refractivity (Wildman–Crippen MR) is 184 cm³/mol. The summed E-state index contributed by atoms with van der Waals surface area (Å²) in [6.45, 7) is 10.2. The van der Waals surface area contributed by atoms with Crippen LogP contribution in [0.25, 0.3) is 6.08 Å². The largest absolute Gasteiger partial charge is 0.491 e. The van der Waals surface area contributed by atoms with Gasteiger partial charge in [-0.2, -0.15) is 0 Å². The smallest absolute Gasteiger partial charge is 0.338 e. The quantitative estimate of drug-likeness (QED) is 0.155. The fourth-order valence-corrected chi connectivity index (χ4v) is 7.00. The number of hydrogen-bond acceptors (Lipinski definition) is 8. The Labute approximate surface area is 284 Å². The molecule has 0 radical (unpaired) electrons. The first-order chi connectivity index (χ1) is 22.1. The highest BCUT2D eigenvalue weighted by Crippen LogP contribution is 2.38. The molecule has 46 heavy (non-hydrogen) atoms. The molecule has 0 amide bonds. The molecule has 11 heteroatoms. The third-order valence-electron chi connectivity index (χ3n) is 6.99. The lowest BCUT2D eigenvalue weighted by molar-refractivity contribution is -0.139. The maximum absolute atomic E-state index is 14.2. The van der Waals surface area contributed by atoms with Crippen molar-refractivity contribution in [3.63, 3.8) is 0 Å². The SMILES string of the molecule is CCOC(=O)C1=C(C)N=c2s/c(=C\c3cc(Br)c(OCc4cccc(Cl)c4)c(OCC)c3)c(=O)n2[C@@H]1c1ccccc1OC(C)C. The van der Waals surface area contributed by atoms with Crippen LogP contribution in [0.3, 0.4) is 0 Å². The van der Waals surface area contributed by atoms with Crippen molar-refractivity contribution in [3.05, 3.63) is 118 Å². The molecule has 0 fully saturated rings. The molecular formula is C35H34BrClN2O6S. The van der Waals surface area contributed by atoms with Gasteiger partial charge >= 0.3 is 5.97 Å². The molecule has 0 saturated heterocycles. The average Bonchev–Trinajstić information content (AvgIpc) is 3.30. The Kier molecular flexibility index (Phi) is 10.7. The molecule has 0 N–H and O–H groups in total. The molecular weight excluding hydrogens is 692 g/mol. The molecule has 4 aromatic rings. The van der Waals surface area contributed by atoms with Crippen LogP contribution in [0.1, 0.15) is 57.4 Å². The van der Waals surface area contributed by atoms with Crippen molar-refractivity contribution in [2.75, 3.05) is 13.2 Å². The van der Waals surface area contributed by atoms with E-state index >= 15 is 0 Å². The van der Waals surface area contributed by atoms with E-state index in [1.165, 1.54) is 11.3 Å². The number of aromatic nitrogens is 1. The third-order valence-corrected chi connectivity index (χ3v) is 8.80. The zero-order valence-corrected chi connectivity index (χ0v) is 29.3. The minimum Gasteiger partial charge on any atom is -0.491 e. The highest BCUT2D eigenvalue weighted by molar-refractivity contribution is 9.10. The van der Waals surface area contributed by atoms with Gasteiger partial charge in [-0.3, -0.25) is 9.36 Å². The van der Waals surface area contributed by atoms with Crippen molar-refractivity contribution in [2.24, 2.45) is 4.99 Å². The zero-order chi connectivity index (χ0) is 33.0. The van der Waals surface area contributed by atoms with Crippen molar-refractivity contribution >= 4 is 50.9 Å². The molecule has 8 nitrogen and oxygen atoms in total. The number of carbonyl (C=O) groups is 1. The summed E-state index contributed by atoms with van der Waals surface area (Å²) in [6.07, 6.45) is 1.66. The van der Waals surface area contributed by atoms with Crippen molar-refractivity contribution in [1.29, 1.82) is 0 Å². The first kappa shape index (κ1) is 33.5. The van der Waals surface area contributed by atoms with Crippen LogP contribution in [0.4, 0.5) is 0 Å². The van der Waals surface area contributed by atoms with Crippen molar-refractivity contribution in [3.8, 4) is 17.2 Å². The lowest BCUT2D eigenvalue weighted by Gasteiger charge is -2.26. The molecule has 1 aliphatic heterocycles. The number of carbonyl (C=O) groups excluding carboxylic acids is 1. The van der Waals surface area contributed by atoms with Crippen molar-refractivity contribution in [1.82, 2.24) is 4.57 Å². The lowest BCUT2D eigenvalue weighted by Crippen LogP contribution is -2.40. The number of halogens is 2. The highest BCUT2D eigenvalue weighted by Gasteiger charge is 2.35. The maximum Gasteiger partial charge on any atom is 0.338 e. The van der Waals surface area contributed by atoms with Gasteiger partial charge in [0.2, 0.25) is 0 Å². The summed E-state index contributed by atoms with van der Waals surface area (Å²) < 4.78 is 26.3. The van der Waals surface area contributed by atoms with Gasteiger partial charge in [0, 0.05) is 10.6 Å². The molecule has 1 aromatic heterocycles. The van der Waals surface area contributed by atoms with Gasteiger partial charge in [0.15, 0.2) is 16.3 Å². The molecule has 2 heterocycles. The van der Waals surface area contributed by atoms with Crippen LogP contribution in [0.15, 0.2) is 86.2 Å². The minimum atomic E-state index is -0.791. The van der Waals surface area contributed by atoms with E-state index in [0.717, 1.165) is 11.1 Å². The standard InChI is InChI=1S/C35H34BrClN2O6S/c1-6-42-28-17-23(16-26(36)32(28)44-19-22-11-10-12-24(37)15-22)18-29-33(40)39-31(25-13-8-9-14-27(25)45-20(3)4)30(34(41)43-7-2)21(5)38-35(39)46-29/h8-18,20,31H,6-7,19H2,1-5H3/b29-18-/t31-/m1/s1. The van der Waals surface area contributed by atoms with Gasteiger partial charge in [-0.25, -0.2) is 9.79 Å². The second-order valence-corrected chi connectivity index (χ2v) is 13.0. The van der Waals surface area contributed by atoms with Gasteiger partial charge in [0.05, 0.1) is 39.6 Å². The lowest BCUT2D eigenvalue weighted by atomic mass is 9.95. The van der Waals surface area contributed by atoms with Crippen LogP contribution >= 0.6 is 38.9 Å². The van der Waals surface area contributed by atoms with E-state index in [-0.39, 0.29) is 18.3 Å². The molecule has 0 saturated carbocycles. The van der Waals surface area contributed by atoms with Gasteiger partial charge in [0.1, 0.15) is 18.4 Å². The Bertz CT molecular complexity index is 1980. The molecule has 0 spiro atoms. The van der Waals surface area contributed by atoms with E-state index in [2.05, 4.69) is 15.9 Å². The van der Waals surface area contributed by atoms with Crippen LogP contribution in [-0.4, -0.2) is 29.9 Å². The number of thiazole rings is 1. The monoisotopic (exact) mass is 724 g/mol. The number of esters is 1. The summed E-state index contributed by atoms with van der Waals surface area (Å²) in [5.41, 5.74) is 2.79. The van der Waals surface area contributed by atoms with E-state index in [1.807, 2.05) is 81.4 Å². The van der Waals surface area contributed by atoms with Gasteiger partial charge < -0.3 is 18.9 Å². The Morgan fingerprint density at radius 1 is 1.07 bits per heavy atom. The van der Waals surface area contributed by atoms with Crippen molar-refractivity contribution in [2.45, 2.75) is 53.4 Å². The maximum atomic E-state index is 14.2. The molecule has 0 aliphatic carbocycles. The number of ether oxygens (including phenoxy) is 4. The van der Waals surface area contributed by atoms with Gasteiger partial charge in [0.25, 0.3) is 5.56 Å². The van der Waals surface area contributed by atoms with Gasteiger partial charge in [-0.15, -0.1) is 0 Å². The van der Waals surface area contributed by atoms with Crippen molar-refractivity contribution < 1.29 is 23.7 Å². The van der Waals surface area contributed by atoms with Gasteiger partial charge in [-0.05, 0) is 98.1 Å². The second-order valence-electron chi connectivity index (χ2n) is 10.7. The summed E-state index contributed by atoms with van der Waals surface area (Å²) >= 11 is 11.0. The van der Waals surface area contributed by atoms with Crippen LogP contribution < -0.4 is 29.1 Å². The Morgan fingerprint density at radius 3 is 2.57 bits per heavy atom. The fourth-order valence-electron chi connectivity index (χ4n) is 5.16. The van der Waals surface area contributed by atoms with Crippen LogP contribution in [0.5, 0.6) is 17.2 Å². The number of fused-ring (bicyclic) bond motifs is 1. The summed E-state index contributed by atoms with van der Waals surface area (Å²) in [5.74, 6) is 1.11. The zero-order valence-electron chi connectivity index (χ0n) is 26.1. The Morgan fingerprint density at radius 2 is 1.85 bits per heavy atom. The predicted octanol–water partition coefficient (Wildman–Crippen LogP) is 6.98. The summed E-state index contributed by atoms with van der Waals surface area (Å²) in [7, 11) is 0. The molecule has 240 valence electrons. The number of para-hydroxylation sites is 1.